The summed E-state index contributed by atoms with van der Waals surface area (Å²) < 4.78 is 1.89. The van der Waals surface area contributed by atoms with Crippen molar-refractivity contribution in [3.05, 3.63) is 48.4 Å². The standard InChI is InChI=1S/C20H26N6/c1-15(2)17-12-20(26-19(24-17)8-10-23-26)22-13-16-6-5-11-25(14-16)18-7-3-4-9-21-18/h3-4,7-10,12,15-16,22H,5-6,11,13-14H2,1-2H3. The molecule has 3 aromatic rings. The molecule has 0 aromatic carbocycles. The molecule has 6 nitrogen and oxygen atoms in total. The van der Waals surface area contributed by atoms with Gasteiger partial charge < -0.3 is 10.2 Å². The molecule has 6 heteroatoms. The van der Waals surface area contributed by atoms with Crippen molar-refractivity contribution in [1.82, 2.24) is 19.6 Å². The number of piperidine rings is 1. The van der Waals surface area contributed by atoms with Gasteiger partial charge in [-0.3, -0.25) is 0 Å². The number of rotatable bonds is 5. The Morgan fingerprint density at radius 2 is 2.15 bits per heavy atom. The summed E-state index contributed by atoms with van der Waals surface area (Å²) in [5.41, 5.74) is 2.00. The van der Waals surface area contributed by atoms with Gasteiger partial charge in [-0.25, -0.2) is 9.97 Å². The van der Waals surface area contributed by atoms with Crippen LogP contribution in [0.2, 0.25) is 0 Å². The number of nitrogens with zero attached hydrogens (tertiary/aromatic N) is 5. The molecule has 1 unspecified atom stereocenters. The van der Waals surface area contributed by atoms with Gasteiger partial charge in [0.25, 0.3) is 0 Å². The molecule has 0 saturated carbocycles. The summed E-state index contributed by atoms with van der Waals surface area (Å²) in [5, 5.41) is 8.04. The van der Waals surface area contributed by atoms with Crippen LogP contribution < -0.4 is 10.2 Å². The van der Waals surface area contributed by atoms with Crippen molar-refractivity contribution in [2.45, 2.75) is 32.6 Å². The van der Waals surface area contributed by atoms with E-state index in [0.717, 1.165) is 42.6 Å². The molecule has 1 saturated heterocycles. The quantitative estimate of drug-likeness (QED) is 0.762. The molecule has 3 aromatic heterocycles. The first-order chi connectivity index (χ1) is 12.7. The number of fused-ring (bicyclic) bond motifs is 1. The second-order valence-electron chi connectivity index (χ2n) is 7.35. The fourth-order valence-corrected chi connectivity index (χ4v) is 3.58. The first-order valence-electron chi connectivity index (χ1n) is 9.45. The lowest BCUT2D eigenvalue weighted by atomic mass is 9.98. The Bertz CT molecular complexity index is 857. The van der Waals surface area contributed by atoms with E-state index in [2.05, 4.69) is 57.3 Å². The molecule has 1 aliphatic heterocycles. The maximum absolute atomic E-state index is 4.69. The Balaban J connectivity index is 1.47. The first kappa shape index (κ1) is 16.8. The third kappa shape index (κ3) is 3.49. The smallest absolute Gasteiger partial charge is 0.157 e. The van der Waals surface area contributed by atoms with Gasteiger partial charge in [0.05, 0.1) is 6.20 Å². The topological polar surface area (TPSA) is 58.4 Å². The lowest BCUT2D eigenvalue weighted by Gasteiger charge is -2.33. The van der Waals surface area contributed by atoms with Crippen LogP contribution in [0.4, 0.5) is 11.6 Å². The van der Waals surface area contributed by atoms with Crippen molar-refractivity contribution in [2.24, 2.45) is 5.92 Å². The van der Waals surface area contributed by atoms with E-state index >= 15 is 0 Å². The Labute approximate surface area is 154 Å². The summed E-state index contributed by atoms with van der Waals surface area (Å²) >= 11 is 0. The highest BCUT2D eigenvalue weighted by Crippen LogP contribution is 2.23. The number of pyridine rings is 1. The molecule has 4 rings (SSSR count). The first-order valence-corrected chi connectivity index (χ1v) is 9.45. The monoisotopic (exact) mass is 350 g/mol. The van der Waals surface area contributed by atoms with Crippen molar-refractivity contribution >= 4 is 17.3 Å². The normalized spacial score (nSPS) is 17.8. The lowest BCUT2D eigenvalue weighted by molar-refractivity contribution is 0.429. The fourth-order valence-electron chi connectivity index (χ4n) is 3.58. The summed E-state index contributed by atoms with van der Waals surface area (Å²) in [6.45, 7) is 7.40. The molecule has 136 valence electrons. The Morgan fingerprint density at radius 3 is 2.96 bits per heavy atom. The molecule has 1 atom stereocenters. The molecule has 1 aliphatic rings. The zero-order valence-corrected chi connectivity index (χ0v) is 15.5. The van der Waals surface area contributed by atoms with Crippen LogP contribution in [0.5, 0.6) is 0 Å². The third-order valence-corrected chi connectivity index (χ3v) is 5.03. The molecular weight excluding hydrogens is 324 g/mol. The molecule has 0 spiro atoms. The largest absolute Gasteiger partial charge is 0.370 e. The number of hydrogen-bond acceptors (Lipinski definition) is 5. The van der Waals surface area contributed by atoms with Crippen LogP contribution >= 0.6 is 0 Å². The van der Waals surface area contributed by atoms with Crippen LogP contribution in [0, 0.1) is 5.92 Å². The van der Waals surface area contributed by atoms with Gasteiger partial charge in [-0.2, -0.15) is 9.61 Å². The van der Waals surface area contributed by atoms with Crippen LogP contribution in [0.3, 0.4) is 0 Å². The summed E-state index contributed by atoms with van der Waals surface area (Å²) in [7, 11) is 0. The Kier molecular flexibility index (Phi) is 4.73. The highest BCUT2D eigenvalue weighted by atomic mass is 15.3. The number of hydrogen-bond donors (Lipinski definition) is 1. The highest BCUT2D eigenvalue weighted by Gasteiger charge is 2.21. The predicted octanol–water partition coefficient (Wildman–Crippen LogP) is 3.58. The van der Waals surface area contributed by atoms with Gasteiger partial charge in [-0.05, 0) is 36.8 Å². The molecule has 4 heterocycles. The Morgan fingerprint density at radius 1 is 1.23 bits per heavy atom. The molecular formula is C20H26N6. The van der Waals surface area contributed by atoms with E-state index < -0.39 is 0 Å². The van der Waals surface area contributed by atoms with E-state index in [1.54, 1.807) is 6.20 Å². The van der Waals surface area contributed by atoms with Crippen molar-refractivity contribution in [3.8, 4) is 0 Å². The van der Waals surface area contributed by atoms with Gasteiger partial charge in [-0.1, -0.05) is 19.9 Å². The minimum Gasteiger partial charge on any atom is -0.370 e. The average molecular weight is 350 g/mol. The Hall–Kier alpha value is -2.63. The SMILES string of the molecule is CC(C)c1cc(NCC2CCCN(c3ccccn3)C2)n2nccc2n1. The predicted molar refractivity (Wildman–Crippen MR) is 105 cm³/mol. The van der Waals surface area contributed by atoms with Gasteiger partial charge in [0.2, 0.25) is 0 Å². The van der Waals surface area contributed by atoms with E-state index in [1.807, 2.05) is 22.8 Å². The van der Waals surface area contributed by atoms with Gasteiger partial charge >= 0.3 is 0 Å². The van der Waals surface area contributed by atoms with E-state index in [1.165, 1.54) is 12.8 Å². The van der Waals surface area contributed by atoms with E-state index in [4.69, 9.17) is 0 Å². The van der Waals surface area contributed by atoms with Crippen molar-refractivity contribution < 1.29 is 0 Å². The number of nitrogens with one attached hydrogen (secondary N) is 1. The lowest BCUT2D eigenvalue weighted by Crippen LogP contribution is -2.38. The van der Waals surface area contributed by atoms with Gasteiger partial charge in [-0.15, -0.1) is 0 Å². The van der Waals surface area contributed by atoms with Gasteiger partial charge in [0.1, 0.15) is 11.6 Å². The number of anilines is 2. The summed E-state index contributed by atoms with van der Waals surface area (Å²) in [6, 6.07) is 10.2. The van der Waals surface area contributed by atoms with Crippen molar-refractivity contribution in [2.75, 3.05) is 29.9 Å². The molecule has 0 amide bonds. The summed E-state index contributed by atoms with van der Waals surface area (Å²) in [6.07, 6.45) is 6.12. The average Bonchev–Trinajstić information content (AvgIpc) is 3.16. The van der Waals surface area contributed by atoms with Gasteiger partial charge in [0.15, 0.2) is 5.65 Å². The zero-order chi connectivity index (χ0) is 17.9. The van der Waals surface area contributed by atoms with E-state index in [0.29, 0.717) is 11.8 Å². The highest BCUT2D eigenvalue weighted by molar-refractivity contribution is 5.49. The van der Waals surface area contributed by atoms with E-state index in [9.17, 15) is 0 Å². The molecule has 1 fully saturated rings. The fraction of sp³-hybridized carbons (Fsp3) is 0.450. The minimum atomic E-state index is 0.393. The summed E-state index contributed by atoms with van der Waals surface area (Å²) in [4.78, 5) is 11.6. The summed E-state index contributed by atoms with van der Waals surface area (Å²) in [5.74, 6) is 3.09. The minimum absolute atomic E-state index is 0.393. The third-order valence-electron chi connectivity index (χ3n) is 5.03. The van der Waals surface area contributed by atoms with E-state index in [-0.39, 0.29) is 0 Å². The second kappa shape index (κ2) is 7.32. The van der Waals surface area contributed by atoms with Crippen molar-refractivity contribution in [1.29, 1.82) is 0 Å². The molecule has 0 aliphatic carbocycles. The molecule has 26 heavy (non-hydrogen) atoms. The van der Waals surface area contributed by atoms with Crippen LogP contribution in [0.25, 0.3) is 5.65 Å². The van der Waals surface area contributed by atoms with Crippen LogP contribution in [-0.4, -0.2) is 39.2 Å². The van der Waals surface area contributed by atoms with Gasteiger partial charge in [0, 0.05) is 43.7 Å². The van der Waals surface area contributed by atoms with Crippen LogP contribution in [-0.2, 0) is 0 Å². The second-order valence-corrected chi connectivity index (χ2v) is 7.35. The van der Waals surface area contributed by atoms with Crippen LogP contribution in [0.15, 0.2) is 42.7 Å². The van der Waals surface area contributed by atoms with Crippen LogP contribution in [0.1, 0.15) is 38.3 Å². The molecule has 0 bridgehead atoms. The maximum atomic E-state index is 4.69. The van der Waals surface area contributed by atoms with Crippen molar-refractivity contribution in [3.63, 3.8) is 0 Å². The molecule has 0 radical (unpaired) electrons. The number of aromatic nitrogens is 4. The zero-order valence-electron chi connectivity index (χ0n) is 15.5. The maximum Gasteiger partial charge on any atom is 0.157 e. The molecule has 1 N–H and O–H groups in total.